The zero-order valence-electron chi connectivity index (χ0n) is 96.9. The molecule has 0 radical (unpaired) electrons. The Labute approximate surface area is 914 Å². The van der Waals surface area contributed by atoms with E-state index in [1.807, 2.05) is 200 Å². The molecule has 864 valence electrons. The molecule has 149 heavy (non-hydrogen) atoms. The van der Waals surface area contributed by atoms with E-state index in [2.05, 4.69) is 99.5 Å². The Morgan fingerprint density at radius 2 is 0.886 bits per heavy atom. The third kappa shape index (κ3) is 54.1. The predicted octanol–water partition coefficient (Wildman–Crippen LogP) is 26.7. The Bertz CT molecular complexity index is 4170. The molecule has 10 aliphatic rings. The number of esters is 1. The molecule has 5 aromatic carbocycles. The van der Waals surface area contributed by atoms with Crippen molar-refractivity contribution in [3.8, 4) is 0 Å². The molecule has 10 heterocycles. The van der Waals surface area contributed by atoms with E-state index in [4.69, 9.17) is 130 Å². The number of alkyl halides is 1. The number of carbonyl (C=O) groups is 2. The Kier molecular flexibility index (Phi) is 71.7. The van der Waals surface area contributed by atoms with Crippen molar-refractivity contribution in [2.24, 2.45) is 16.9 Å². The first-order valence-electron chi connectivity index (χ1n) is 53.5. The third-order valence-corrected chi connectivity index (χ3v) is 24.9. The summed E-state index contributed by atoms with van der Waals surface area (Å²) in [5.41, 5.74) is 14.6. The van der Waals surface area contributed by atoms with Gasteiger partial charge in [-0.2, -0.15) is 0 Å². The first-order chi connectivity index (χ1) is 69.3. The summed E-state index contributed by atoms with van der Waals surface area (Å²) in [6, 6.07) is 37.9. The molecule has 0 bridgehead atoms. The molecule has 1 spiro atoms. The zero-order chi connectivity index (χ0) is 113. The van der Waals surface area contributed by atoms with E-state index in [0.717, 1.165) is 135 Å². The number of aliphatic hydroxyl groups excluding tert-OH is 5. The van der Waals surface area contributed by atoms with E-state index in [1.54, 1.807) is 26.0 Å². The standard InChI is InChI=1S/C37H33Cl2FN2O3.3C9H18O2.C8H17NO2.C8H16O3.C7H9N.C6H14O2.C6H12.C5H10O.2C4H8O.C2H6.CH3F.2CH4O.3CH4/c1-36(2,3)20-29-37(25-18-27(40)26(39)19-28(25)41-35(37)44)30(23-15-10-16-24(38)17-23)32-34(43)45-33(22-13-8-5-9-14-22)31(42(29)32)21-11-6-4-7-12-21;3*1-5-6-9(4)7-10-8(2,3)11-9;2*1-7(2)10-6-8(3,11-7)4-5-9;8-6-7-4-2-1-3-5-7;1-3-4-6(2,8)5-7;1-4-5-6(2)3;1-5(2)3-4-6;2*1-2-4-5-3-1;4*1-2;;;/h4-19,29-33H,20H2,1-3H3,(H,41,44);3*5-7H2,1-4H3;4-6,9H2,1-3H3;9H,4-6H2,1-3H3;1-5H,6,8H2;7-8H,3-5H2,1-2H3;2,4-5H2,1,3H3;6H,1,3-4H2,2H3;2*1-4H2;1-2H3;1H3;2*2H,1H3;3*1H4/t29-,30?,31-,32?,33+,37+;3*9-;2*8-;;6-;;;;;;;;;;;/m100000.0.........../s1/i;;;;;;;;;;;;2*1D;;;;;. The molecule has 0 saturated carbocycles. The van der Waals surface area contributed by atoms with Gasteiger partial charge < -0.3 is 109 Å². The van der Waals surface area contributed by atoms with Crippen LogP contribution in [0.15, 0.2) is 152 Å². The number of allylic oxidation sites excluding steroid dienone is 1. The van der Waals surface area contributed by atoms with Crippen molar-refractivity contribution in [1.82, 2.24) is 4.90 Å². The monoisotopic (exact) mass is 2150 g/mol. The Morgan fingerprint density at radius 1 is 0.517 bits per heavy atom. The van der Waals surface area contributed by atoms with E-state index >= 15 is 4.39 Å². The van der Waals surface area contributed by atoms with Crippen molar-refractivity contribution in [3.63, 3.8) is 0 Å². The van der Waals surface area contributed by atoms with Crippen molar-refractivity contribution in [2.45, 2.75) is 436 Å². The maximum atomic E-state index is 15.5. The molecule has 25 nitrogen and oxygen atoms in total. The lowest BCUT2D eigenvalue weighted by Gasteiger charge is -2.47. The lowest BCUT2D eigenvalue weighted by molar-refractivity contribution is -0.176. The van der Waals surface area contributed by atoms with Crippen LogP contribution >= 0.6 is 23.2 Å². The summed E-state index contributed by atoms with van der Waals surface area (Å²) in [6.45, 7) is 70.9. The molecule has 5 aromatic rings. The van der Waals surface area contributed by atoms with E-state index in [0.29, 0.717) is 74.3 Å². The second-order valence-corrected chi connectivity index (χ2v) is 43.6. The molecule has 12 atom stereocenters. The van der Waals surface area contributed by atoms with Crippen molar-refractivity contribution in [2.75, 3.05) is 113 Å². The highest BCUT2D eigenvalue weighted by atomic mass is 35.5. The minimum Gasteiger partial charge on any atom is -0.454 e. The number of carbonyl (C=O) groups excluding carboxylic acids is 2. The number of ether oxygens (including phenoxy) is 13. The van der Waals surface area contributed by atoms with Crippen molar-refractivity contribution in [3.05, 3.63) is 195 Å². The maximum Gasteiger partial charge on any atom is 0.324 e. The summed E-state index contributed by atoms with van der Waals surface area (Å²) in [7, 11) is 1.00. The summed E-state index contributed by atoms with van der Waals surface area (Å²) in [4.78, 5) is 31.6. The molecular formula is C120H210Cl2F2N4O21. The smallest absolute Gasteiger partial charge is 0.324 e. The lowest BCUT2D eigenvalue weighted by Crippen LogP contribution is -2.54. The number of cyclic esters (lactones) is 1. The van der Waals surface area contributed by atoms with Gasteiger partial charge in [0.1, 0.15) is 23.4 Å². The number of nitrogens with zero attached hydrogens (tertiary/aromatic N) is 1. The van der Waals surface area contributed by atoms with Crippen LogP contribution in [0.25, 0.3) is 0 Å². The van der Waals surface area contributed by atoms with Crippen molar-refractivity contribution in [1.29, 1.82) is 0 Å². The van der Waals surface area contributed by atoms with Crippen LogP contribution in [0.2, 0.25) is 10.0 Å². The van der Waals surface area contributed by atoms with Crippen molar-refractivity contribution < 1.29 is 113 Å². The van der Waals surface area contributed by atoms with E-state index in [1.165, 1.54) is 61.8 Å². The van der Waals surface area contributed by atoms with Crippen LogP contribution in [0, 0.1) is 11.2 Å². The number of nitrogens with two attached hydrogens (primary N) is 2. The molecule has 29 heteroatoms. The van der Waals surface area contributed by atoms with Crippen LogP contribution in [0.5, 0.6) is 0 Å². The Morgan fingerprint density at radius 3 is 1.16 bits per heavy atom. The lowest BCUT2D eigenvalue weighted by atomic mass is 9.62. The van der Waals surface area contributed by atoms with Crippen molar-refractivity contribution >= 4 is 40.8 Å². The number of anilines is 1. The summed E-state index contributed by atoms with van der Waals surface area (Å²) >= 11 is 12.8. The minimum atomic E-state index is -1.37. The molecule has 10 aliphatic heterocycles. The van der Waals surface area contributed by atoms with Gasteiger partial charge in [-0.1, -0.05) is 261 Å². The number of benzene rings is 5. The first kappa shape index (κ1) is 145. The fourth-order valence-electron chi connectivity index (χ4n) is 18.5. The molecule has 9 saturated heterocycles. The van der Waals surface area contributed by atoms with E-state index in [9.17, 15) is 14.0 Å². The maximum absolute atomic E-state index is 15.5. The first-order valence-corrected chi connectivity index (χ1v) is 52.9. The van der Waals surface area contributed by atoms with Gasteiger partial charge >= 0.3 is 5.97 Å². The molecule has 0 aromatic heterocycles. The van der Waals surface area contributed by atoms with Gasteiger partial charge in [0, 0.05) is 90.9 Å². The highest BCUT2D eigenvalue weighted by molar-refractivity contribution is 6.31. The summed E-state index contributed by atoms with van der Waals surface area (Å²) < 4.78 is 109. The molecule has 0 aliphatic carbocycles. The van der Waals surface area contributed by atoms with Gasteiger partial charge in [-0.3, -0.25) is 18.9 Å². The highest BCUT2D eigenvalue weighted by Gasteiger charge is 2.72. The van der Waals surface area contributed by atoms with Crippen LogP contribution in [0.1, 0.15) is 380 Å². The van der Waals surface area contributed by atoms with Gasteiger partial charge in [-0.25, -0.2) is 4.39 Å². The second-order valence-electron chi connectivity index (χ2n) is 42.8. The Balaban J connectivity index is -0.000000850. The average molecular weight is 2160 g/mol. The number of halogens is 4. The molecule has 15 rings (SSSR count). The fourth-order valence-corrected chi connectivity index (χ4v) is 18.8. The second kappa shape index (κ2) is 73.6. The van der Waals surface area contributed by atoms with Crippen LogP contribution in [-0.2, 0) is 83.1 Å². The number of hydrogen-bond donors (Lipinski definition) is 9. The predicted molar refractivity (Wildman–Crippen MR) is 610 cm³/mol. The summed E-state index contributed by atoms with van der Waals surface area (Å²) in [5.74, 6) is -4.14. The zero-order valence-corrected chi connectivity index (χ0v) is 96.4. The van der Waals surface area contributed by atoms with Gasteiger partial charge in [0.05, 0.1) is 92.8 Å². The number of fused-ring (bicyclic) bond motifs is 3. The quantitative estimate of drug-likeness (QED) is 0.0230. The van der Waals surface area contributed by atoms with Gasteiger partial charge in [-0.05, 0) is 266 Å². The van der Waals surface area contributed by atoms with Gasteiger partial charge in [0.2, 0.25) is 5.91 Å². The normalized spacial score (nSPS) is 25.7. The summed E-state index contributed by atoms with van der Waals surface area (Å²) in [6.07, 6.45) is 17.9. The Hall–Kier alpha value is -5.88. The molecule has 9 fully saturated rings. The van der Waals surface area contributed by atoms with E-state index < -0.39 is 71.7 Å². The highest BCUT2D eigenvalue weighted by Crippen LogP contribution is 2.65. The molecular weight excluding hydrogens is 1940 g/mol. The number of amides is 1. The van der Waals surface area contributed by atoms with E-state index in [-0.39, 0.29) is 104 Å². The van der Waals surface area contributed by atoms with Crippen LogP contribution in [0.4, 0.5) is 14.5 Å². The van der Waals surface area contributed by atoms with Crippen LogP contribution in [0.3, 0.4) is 0 Å². The van der Waals surface area contributed by atoms with Crippen LogP contribution < -0.4 is 16.8 Å². The third-order valence-electron chi connectivity index (χ3n) is 24.3. The largest absolute Gasteiger partial charge is 0.454 e. The molecule has 11 N–H and O–H groups in total. The summed E-state index contributed by atoms with van der Waals surface area (Å²) in [5, 5.41) is 51.9. The number of morpholine rings is 1. The minimum absolute atomic E-state index is 0. The number of aliphatic hydroxyl groups is 6. The number of hydrogen-bond acceptors (Lipinski definition) is 24. The number of nitrogens with one attached hydrogen (secondary N) is 1. The van der Waals surface area contributed by atoms with Gasteiger partial charge in [0.25, 0.3) is 0 Å². The van der Waals surface area contributed by atoms with Gasteiger partial charge in [0.15, 0.2) is 28.9 Å². The molecule has 2 unspecified atom stereocenters. The number of rotatable bonds is 22. The molecule has 1 amide bonds. The topological polar surface area (TPSA) is 343 Å². The van der Waals surface area contributed by atoms with Gasteiger partial charge in [-0.15, -0.1) is 13.2 Å². The fraction of sp³-hybridized carbons (Fsp3) is 0.700. The average Bonchev–Trinajstić information content (AvgIpc) is 1.50. The van der Waals surface area contributed by atoms with Crippen LogP contribution in [-0.4, -0.2) is 229 Å². The SMILES string of the molecule is C.C.C.C1CCOC1.C1CCOC1.C=C(C)CCC.C=C(C)CCO.CC(C)(C)C[C@H]1N2C(C(=O)O[C@@H](c3ccccc3)[C@H]2c2ccccc2)C(c2cccc(Cl)c2)[C@@]12C(=O)Nc1cc(Cl)c(F)cc12.CC1(C)OC[C@](C)(CCN)O1.CC1(C)OC[C@](C)(CCO)O1.CCC[C@@]1(C)COC(C)(C)O1.CCC[C@@]1(C)COC(C)(C)O1.CCC[C@@]1(C)COC(C)(C)O1.CCC[C@](C)(O)CO.CO.CO.NCc1ccccc1.[2H]CC.[2H]CF.